The molecule has 1 fully saturated rings. The number of hydrogen-bond acceptors (Lipinski definition) is 2. The van der Waals surface area contributed by atoms with Gasteiger partial charge in [0.1, 0.15) is 0 Å². The van der Waals surface area contributed by atoms with Gasteiger partial charge in [-0.25, -0.2) is 0 Å². The lowest BCUT2D eigenvalue weighted by Crippen LogP contribution is -2.14. The van der Waals surface area contributed by atoms with Crippen LogP contribution in [0.1, 0.15) is 18.5 Å². The molecule has 15 heavy (non-hydrogen) atoms. The summed E-state index contributed by atoms with van der Waals surface area (Å²) >= 11 is 0. The molecule has 0 atom stereocenters. The van der Waals surface area contributed by atoms with Gasteiger partial charge in [-0.2, -0.15) is 5.10 Å². The van der Waals surface area contributed by atoms with Gasteiger partial charge in [-0.1, -0.05) is 18.2 Å². The maximum atomic E-state index is 9.94. The van der Waals surface area contributed by atoms with Crippen LogP contribution >= 0.6 is 0 Å². The van der Waals surface area contributed by atoms with E-state index in [0.717, 1.165) is 30.5 Å². The van der Waals surface area contributed by atoms with E-state index in [4.69, 9.17) is 0 Å². The van der Waals surface area contributed by atoms with Crippen molar-refractivity contribution in [1.29, 1.82) is 0 Å². The Labute approximate surface area is 88.3 Å². The molecule has 2 aromatic rings. The van der Waals surface area contributed by atoms with Crippen molar-refractivity contribution in [3.05, 3.63) is 30.0 Å². The summed E-state index contributed by atoms with van der Waals surface area (Å²) in [4.78, 5) is 0. The number of nitrogens with zero attached hydrogens (tertiary/aromatic N) is 2. The largest absolute Gasteiger partial charge is 0.389 e. The molecule has 0 spiro atoms. The summed E-state index contributed by atoms with van der Waals surface area (Å²) in [7, 11) is 1.95. The first kappa shape index (κ1) is 8.92. The molecule has 0 radical (unpaired) electrons. The molecule has 1 saturated carbocycles. The molecule has 78 valence electrons. The fraction of sp³-hybridized carbons (Fsp3) is 0.417. The maximum absolute atomic E-state index is 9.94. The highest BCUT2D eigenvalue weighted by Crippen LogP contribution is 2.39. The van der Waals surface area contributed by atoms with Crippen LogP contribution in [-0.4, -0.2) is 20.5 Å². The van der Waals surface area contributed by atoms with Gasteiger partial charge in [0.2, 0.25) is 0 Å². The Morgan fingerprint density at radius 1 is 1.40 bits per heavy atom. The third kappa shape index (κ3) is 1.43. The zero-order valence-corrected chi connectivity index (χ0v) is 8.77. The minimum atomic E-state index is -0.448. The molecule has 0 amide bonds. The third-order valence-electron chi connectivity index (χ3n) is 3.19. The summed E-state index contributed by atoms with van der Waals surface area (Å²) in [6, 6.07) is 8.09. The Balaban J connectivity index is 2.11. The maximum Gasteiger partial charge on any atom is 0.0926 e. The van der Waals surface area contributed by atoms with Gasteiger partial charge in [0.25, 0.3) is 0 Å². The molecular formula is C12H14N2O. The third-order valence-corrected chi connectivity index (χ3v) is 3.19. The van der Waals surface area contributed by atoms with Crippen LogP contribution in [0.3, 0.4) is 0 Å². The quantitative estimate of drug-likeness (QED) is 0.804. The van der Waals surface area contributed by atoms with Crippen molar-refractivity contribution >= 4 is 10.9 Å². The van der Waals surface area contributed by atoms with Crippen LogP contribution in [-0.2, 0) is 13.5 Å². The number of aryl methyl sites for hydroxylation is 1. The highest BCUT2D eigenvalue weighted by molar-refractivity contribution is 5.81. The van der Waals surface area contributed by atoms with Gasteiger partial charge in [0.15, 0.2) is 0 Å². The summed E-state index contributed by atoms with van der Waals surface area (Å²) in [5, 5.41) is 15.5. The fourth-order valence-corrected chi connectivity index (χ4v) is 2.04. The lowest BCUT2D eigenvalue weighted by molar-refractivity contribution is 0.149. The van der Waals surface area contributed by atoms with Crippen LogP contribution in [0.25, 0.3) is 10.9 Å². The average molecular weight is 202 g/mol. The van der Waals surface area contributed by atoms with E-state index in [9.17, 15) is 5.11 Å². The molecule has 0 aliphatic heterocycles. The zero-order chi connectivity index (χ0) is 10.5. The van der Waals surface area contributed by atoms with Gasteiger partial charge in [0, 0.05) is 24.5 Å². The van der Waals surface area contributed by atoms with Gasteiger partial charge < -0.3 is 5.11 Å². The van der Waals surface area contributed by atoms with Crippen molar-refractivity contribution < 1.29 is 5.11 Å². The molecule has 1 aliphatic carbocycles. The molecule has 1 N–H and O–H groups in total. The minimum absolute atomic E-state index is 0.448. The highest BCUT2D eigenvalue weighted by atomic mass is 16.3. The highest BCUT2D eigenvalue weighted by Gasteiger charge is 2.41. The van der Waals surface area contributed by atoms with Crippen LogP contribution in [0, 0.1) is 0 Å². The topological polar surface area (TPSA) is 38.0 Å². The van der Waals surface area contributed by atoms with Crippen molar-refractivity contribution in [3.8, 4) is 0 Å². The van der Waals surface area contributed by atoms with Crippen LogP contribution in [0.2, 0.25) is 0 Å². The van der Waals surface area contributed by atoms with Crippen molar-refractivity contribution in [2.24, 2.45) is 7.05 Å². The van der Waals surface area contributed by atoms with E-state index in [1.165, 1.54) is 5.39 Å². The first-order valence-electron chi connectivity index (χ1n) is 5.31. The van der Waals surface area contributed by atoms with E-state index in [1.54, 1.807) is 0 Å². The lowest BCUT2D eigenvalue weighted by Gasteiger charge is -2.07. The molecule has 1 aromatic heterocycles. The molecule has 0 saturated heterocycles. The molecule has 3 rings (SSSR count). The Morgan fingerprint density at radius 3 is 2.87 bits per heavy atom. The Hall–Kier alpha value is -1.35. The van der Waals surface area contributed by atoms with Crippen LogP contribution in [0.4, 0.5) is 0 Å². The molecule has 1 heterocycles. The van der Waals surface area contributed by atoms with E-state index >= 15 is 0 Å². The number of hydrogen-bond donors (Lipinski definition) is 1. The molecule has 1 aromatic carbocycles. The predicted octanol–water partition coefficient (Wildman–Crippen LogP) is 1.64. The smallest absolute Gasteiger partial charge is 0.0926 e. The van der Waals surface area contributed by atoms with E-state index < -0.39 is 5.60 Å². The van der Waals surface area contributed by atoms with Crippen molar-refractivity contribution in [3.63, 3.8) is 0 Å². The Bertz CT molecular complexity index is 511. The molecule has 1 aliphatic rings. The summed E-state index contributed by atoms with van der Waals surface area (Å²) in [6.07, 6.45) is 2.57. The average Bonchev–Trinajstić information content (AvgIpc) is 2.86. The number of aliphatic hydroxyl groups is 1. The number of rotatable bonds is 2. The summed E-state index contributed by atoms with van der Waals surface area (Å²) in [6.45, 7) is 0. The van der Waals surface area contributed by atoms with Gasteiger partial charge in [-0.15, -0.1) is 0 Å². The zero-order valence-electron chi connectivity index (χ0n) is 8.77. The molecule has 3 nitrogen and oxygen atoms in total. The Morgan fingerprint density at radius 2 is 2.13 bits per heavy atom. The Kier molecular flexibility index (Phi) is 1.68. The predicted molar refractivity (Wildman–Crippen MR) is 58.6 cm³/mol. The second kappa shape index (κ2) is 2.83. The summed E-state index contributed by atoms with van der Waals surface area (Å²) in [5.41, 5.74) is 1.71. The molecule has 3 heteroatoms. The van der Waals surface area contributed by atoms with Crippen LogP contribution < -0.4 is 0 Å². The normalized spacial score (nSPS) is 18.3. The first-order chi connectivity index (χ1) is 7.18. The van der Waals surface area contributed by atoms with Gasteiger partial charge >= 0.3 is 0 Å². The standard InChI is InChI=1S/C12H14N2O/c1-14-11(8-12(15)6-7-12)9-4-2-3-5-10(9)13-14/h2-5,15H,6-8H2,1H3. The SMILES string of the molecule is Cn1nc2ccccc2c1CC1(O)CC1. The van der Waals surface area contributed by atoms with Crippen molar-refractivity contribution in [1.82, 2.24) is 9.78 Å². The van der Waals surface area contributed by atoms with Crippen molar-refractivity contribution in [2.75, 3.05) is 0 Å². The second-order valence-electron chi connectivity index (χ2n) is 4.49. The van der Waals surface area contributed by atoms with Gasteiger partial charge in [0.05, 0.1) is 11.1 Å². The number of benzene rings is 1. The fourth-order valence-electron chi connectivity index (χ4n) is 2.04. The van der Waals surface area contributed by atoms with Crippen molar-refractivity contribution in [2.45, 2.75) is 24.9 Å². The number of fused-ring (bicyclic) bond motifs is 1. The van der Waals surface area contributed by atoms with Gasteiger partial charge in [-0.3, -0.25) is 4.68 Å². The second-order valence-corrected chi connectivity index (χ2v) is 4.49. The molecule has 0 unspecified atom stereocenters. The van der Waals surface area contributed by atoms with Crippen LogP contribution in [0.15, 0.2) is 24.3 Å². The first-order valence-corrected chi connectivity index (χ1v) is 5.31. The van der Waals surface area contributed by atoms with Crippen LogP contribution in [0.5, 0.6) is 0 Å². The molecule has 0 bridgehead atoms. The lowest BCUT2D eigenvalue weighted by atomic mass is 10.1. The van der Waals surface area contributed by atoms with E-state index in [1.807, 2.05) is 29.9 Å². The summed E-state index contributed by atoms with van der Waals surface area (Å²) < 4.78 is 1.89. The molecular weight excluding hydrogens is 188 g/mol. The monoisotopic (exact) mass is 202 g/mol. The van der Waals surface area contributed by atoms with E-state index in [2.05, 4.69) is 11.2 Å². The minimum Gasteiger partial charge on any atom is -0.389 e. The van der Waals surface area contributed by atoms with E-state index in [-0.39, 0.29) is 0 Å². The van der Waals surface area contributed by atoms with E-state index in [0.29, 0.717) is 0 Å². The summed E-state index contributed by atoms with van der Waals surface area (Å²) in [5.74, 6) is 0. The number of aromatic nitrogens is 2. The van der Waals surface area contributed by atoms with Gasteiger partial charge in [-0.05, 0) is 18.9 Å².